The first kappa shape index (κ1) is 17.4. The number of carbonyl (C=O) groups is 2. The van der Waals surface area contributed by atoms with Gasteiger partial charge in [0, 0.05) is 23.9 Å². The molecular weight excluding hydrogens is 348 g/mol. The number of fused-ring (bicyclic) bond motifs is 1. The van der Waals surface area contributed by atoms with Gasteiger partial charge in [-0.05, 0) is 26.8 Å². The zero-order chi connectivity index (χ0) is 18.1. The first-order valence-electron chi connectivity index (χ1n) is 8.02. The molecule has 0 aromatic heterocycles. The summed E-state index contributed by atoms with van der Waals surface area (Å²) in [5, 5.41) is 3.20. The predicted molar refractivity (Wildman–Crippen MR) is 90.6 cm³/mol. The van der Waals surface area contributed by atoms with Crippen molar-refractivity contribution in [1.82, 2.24) is 10.2 Å². The van der Waals surface area contributed by atoms with Gasteiger partial charge in [-0.25, -0.2) is 9.59 Å². The number of nitrogens with one attached hydrogen (secondary N) is 1. The van der Waals surface area contributed by atoms with Crippen LogP contribution in [0.4, 0.5) is 4.79 Å². The number of esters is 1. The summed E-state index contributed by atoms with van der Waals surface area (Å²) in [6, 6.07) is 2.28. The van der Waals surface area contributed by atoms with Crippen LogP contribution in [-0.4, -0.2) is 36.8 Å². The second-order valence-electron chi connectivity index (χ2n) is 5.57. The van der Waals surface area contributed by atoms with Gasteiger partial charge < -0.3 is 19.5 Å². The largest absolute Gasteiger partial charge is 0.463 e. The van der Waals surface area contributed by atoms with Gasteiger partial charge in [0.2, 0.25) is 6.79 Å². The summed E-state index contributed by atoms with van der Waals surface area (Å²) >= 11 is 6.38. The van der Waals surface area contributed by atoms with Crippen LogP contribution in [0.1, 0.15) is 32.4 Å². The van der Waals surface area contributed by atoms with Gasteiger partial charge >= 0.3 is 12.0 Å². The van der Waals surface area contributed by atoms with E-state index < -0.39 is 12.0 Å². The van der Waals surface area contributed by atoms with Crippen molar-refractivity contribution in [3.05, 3.63) is 34.0 Å². The summed E-state index contributed by atoms with van der Waals surface area (Å²) in [7, 11) is 0. The number of carbonyl (C=O) groups excluding carboxylic acids is 2. The van der Waals surface area contributed by atoms with Crippen molar-refractivity contribution in [2.45, 2.75) is 26.8 Å². The molecule has 3 rings (SSSR count). The van der Waals surface area contributed by atoms with Crippen molar-refractivity contribution in [2.24, 2.45) is 0 Å². The standard InChI is InChI=1S/C17H19ClN2O5/c1-4-20-9(3)14(16(21)23-5-2)15(19-17(20)22)10-6-12-13(7-11(10)18)25-8-24-12/h6-7,15H,4-5,8H2,1-3H3,(H,19,22)/t15-/m0/s1. The molecular formula is C17H19ClN2O5. The van der Waals surface area contributed by atoms with Gasteiger partial charge in [-0.3, -0.25) is 4.90 Å². The smallest absolute Gasteiger partial charge is 0.338 e. The minimum Gasteiger partial charge on any atom is -0.463 e. The molecule has 1 atom stereocenters. The zero-order valence-corrected chi connectivity index (χ0v) is 15.0. The minimum atomic E-state index is -0.726. The molecule has 1 aromatic carbocycles. The number of benzene rings is 1. The maximum Gasteiger partial charge on any atom is 0.338 e. The van der Waals surface area contributed by atoms with Gasteiger partial charge in [-0.15, -0.1) is 0 Å². The molecule has 2 aliphatic rings. The summed E-state index contributed by atoms with van der Waals surface area (Å²) in [5.41, 5.74) is 1.45. The molecule has 2 amide bonds. The lowest BCUT2D eigenvalue weighted by atomic mass is 9.94. The Kier molecular flexibility index (Phi) is 4.76. The second-order valence-corrected chi connectivity index (χ2v) is 5.98. The van der Waals surface area contributed by atoms with E-state index in [0.717, 1.165) is 0 Å². The highest BCUT2D eigenvalue weighted by molar-refractivity contribution is 6.31. The van der Waals surface area contributed by atoms with E-state index in [2.05, 4.69) is 5.32 Å². The van der Waals surface area contributed by atoms with E-state index in [0.29, 0.717) is 39.9 Å². The van der Waals surface area contributed by atoms with Crippen LogP contribution in [0.5, 0.6) is 11.5 Å². The molecule has 7 nitrogen and oxygen atoms in total. The van der Waals surface area contributed by atoms with E-state index in [1.54, 1.807) is 26.0 Å². The third-order valence-electron chi connectivity index (χ3n) is 4.21. The molecule has 0 radical (unpaired) electrons. The van der Waals surface area contributed by atoms with Crippen molar-refractivity contribution < 1.29 is 23.8 Å². The summed E-state index contributed by atoms with van der Waals surface area (Å²) in [5.74, 6) is 0.564. The maximum absolute atomic E-state index is 12.5. The number of ether oxygens (including phenoxy) is 3. The molecule has 2 aliphatic heterocycles. The fraction of sp³-hybridized carbons (Fsp3) is 0.412. The van der Waals surface area contributed by atoms with Crippen LogP contribution >= 0.6 is 11.6 Å². The minimum absolute atomic E-state index is 0.107. The Labute approximate surface area is 150 Å². The van der Waals surface area contributed by atoms with Gasteiger partial charge in [0.1, 0.15) is 0 Å². The Morgan fingerprint density at radius 3 is 2.68 bits per heavy atom. The highest BCUT2D eigenvalue weighted by Gasteiger charge is 2.37. The van der Waals surface area contributed by atoms with E-state index in [4.69, 9.17) is 25.8 Å². The summed E-state index contributed by atoms with van der Waals surface area (Å²) in [6.07, 6.45) is 0. The van der Waals surface area contributed by atoms with Gasteiger partial charge in [0.15, 0.2) is 11.5 Å². The third-order valence-corrected chi connectivity index (χ3v) is 4.54. The highest BCUT2D eigenvalue weighted by atomic mass is 35.5. The molecule has 0 spiro atoms. The first-order chi connectivity index (χ1) is 12.0. The fourth-order valence-corrected chi connectivity index (χ4v) is 3.29. The number of urea groups is 1. The summed E-state index contributed by atoms with van der Waals surface area (Å²) in [6.45, 7) is 6.06. The normalized spacial score (nSPS) is 19.1. The highest BCUT2D eigenvalue weighted by Crippen LogP contribution is 2.42. The lowest BCUT2D eigenvalue weighted by molar-refractivity contribution is -0.139. The Morgan fingerprint density at radius 1 is 1.36 bits per heavy atom. The number of allylic oxidation sites excluding steroid dienone is 1. The number of amides is 2. The van der Waals surface area contributed by atoms with E-state index in [1.807, 2.05) is 6.92 Å². The lowest BCUT2D eigenvalue weighted by Crippen LogP contribution is -2.48. The van der Waals surface area contributed by atoms with Crippen LogP contribution in [0.2, 0.25) is 5.02 Å². The van der Waals surface area contributed by atoms with E-state index in [9.17, 15) is 9.59 Å². The molecule has 0 unspecified atom stereocenters. The molecule has 2 heterocycles. The molecule has 0 saturated carbocycles. The topological polar surface area (TPSA) is 77.1 Å². The van der Waals surface area contributed by atoms with Crippen LogP contribution in [0, 0.1) is 0 Å². The number of hydrogen-bond donors (Lipinski definition) is 1. The van der Waals surface area contributed by atoms with Crippen molar-refractivity contribution in [3.8, 4) is 11.5 Å². The molecule has 1 N–H and O–H groups in total. The van der Waals surface area contributed by atoms with Crippen molar-refractivity contribution >= 4 is 23.6 Å². The quantitative estimate of drug-likeness (QED) is 0.829. The lowest BCUT2D eigenvalue weighted by Gasteiger charge is -2.35. The fourth-order valence-electron chi connectivity index (χ4n) is 3.02. The van der Waals surface area contributed by atoms with Gasteiger partial charge in [0.05, 0.1) is 23.2 Å². The third kappa shape index (κ3) is 3.00. The Hall–Kier alpha value is -2.41. The first-order valence-corrected chi connectivity index (χ1v) is 8.40. The average molecular weight is 367 g/mol. The van der Waals surface area contributed by atoms with Gasteiger partial charge in [-0.2, -0.15) is 0 Å². The SMILES string of the molecule is CCOC(=O)C1=C(C)N(CC)C(=O)N[C@H]1c1cc2c(cc1Cl)OCO2. The van der Waals surface area contributed by atoms with Crippen LogP contribution in [0.15, 0.2) is 23.4 Å². The molecule has 134 valence electrons. The Morgan fingerprint density at radius 2 is 2.04 bits per heavy atom. The molecule has 0 bridgehead atoms. The molecule has 1 aromatic rings. The van der Waals surface area contributed by atoms with Crippen molar-refractivity contribution in [3.63, 3.8) is 0 Å². The molecule has 25 heavy (non-hydrogen) atoms. The average Bonchev–Trinajstić information content (AvgIpc) is 3.01. The van der Waals surface area contributed by atoms with Gasteiger partial charge in [-0.1, -0.05) is 11.6 Å². The van der Waals surface area contributed by atoms with Gasteiger partial charge in [0.25, 0.3) is 0 Å². The zero-order valence-electron chi connectivity index (χ0n) is 14.2. The van der Waals surface area contributed by atoms with E-state index in [-0.39, 0.29) is 19.4 Å². The van der Waals surface area contributed by atoms with Crippen LogP contribution < -0.4 is 14.8 Å². The van der Waals surface area contributed by atoms with E-state index >= 15 is 0 Å². The molecule has 0 saturated heterocycles. The van der Waals surface area contributed by atoms with Crippen molar-refractivity contribution in [1.29, 1.82) is 0 Å². The maximum atomic E-state index is 12.5. The Bertz CT molecular complexity index is 762. The molecule has 0 fully saturated rings. The van der Waals surface area contributed by atoms with E-state index in [1.165, 1.54) is 4.90 Å². The van der Waals surface area contributed by atoms with Crippen LogP contribution in [-0.2, 0) is 9.53 Å². The predicted octanol–water partition coefficient (Wildman–Crippen LogP) is 2.99. The molecule has 0 aliphatic carbocycles. The van der Waals surface area contributed by atoms with Crippen LogP contribution in [0.3, 0.4) is 0 Å². The number of nitrogens with zero attached hydrogens (tertiary/aromatic N) is 1. The Balaban J connectivity index is 2.11. The van der Waals surface area contributed by atoms with Crippen molar-refractivity contribution in [2.75, 3.05) is 19.9 Å². The van der Waals surface area contributed by atoms with Crippen LogP contribution in [0.25, 0.3) is 0 Å². The molecule has 8 heteroatoms. The number of halogens is 1. The number of hydrogen-bond acceptors (Lipinski definition) is 5. The summed E-state index contributed by atoms with van der Waals surface area (Å²) in [4.78, 5) is 26.5. The number of rotatable bonds is 4. The monoisotopic (exact) mass is 366 g/mol. The second kappa shape index (κ2) is 6.84. The summed E-state index contributed by atoms with van der Waals surface area (Å²) < 4.78 is 15.9.